The molecule has 10 nitrogen and oxygen atoms in total. The molecule has 524 valence electrons. The fraction of sp³-hybridized carbons (Fsp3) is 0. The van der Waals surface area contributed by atoms with Gasteiger partial charge in [0, 0.05) is 87.8 Å². The lowest BCUT2D eigenvalue weighted by molar-refractivity contribution is 0.668. The zero-order valence-electron chi connectivity index (χ0n) is 60.3. The molecule has 0 radical (unpaired) electrons. The highest BCUT2D eigenvalue weighted by molar-refractivity contribution is 6.13. The van der Waals surface area contributed by atoms with Crippen LogP contribution in [0.25, 0.3) is 212 Å². The van der Waals surface area contributed by atoms with Crippen molar-refractivity contribution in [3.8, 4) is 124 Å². The summed E-state index contributed by atoms with van der Waals surface area (Å²) in [5.74, 6) is 3.78. The van der Waals surface area contributed by atoms with Gasteiger partial charge in [-0.1, -0.05) is 291 Å². The average Bonchev–Trinajstić information content (AvgIpc) is 1.59. The Labute approximate surface area is 643 Å². The van der Waals surface area contributed by atoms with Gasteiger partial charge in [-0.05, 0) is 142 Å². The van der Waals surface area contributed by atoms with Crippen LogP contribution in [-0.4, -0.2) is 39.0 Å². The second-order valence-corrected chi connectivity index (χ2v) is 28.1. The Morgan fingerprint density at radius 2 is 0.411 bits per heavy atom. The number of furan rings is 2. The summed E-state index contributed by atoms with van der Waals surface area (Å²) in [6.45, 7) is 0. The third-order valence-corrected chi connectivity index (χ3v) is 21.3. The van der Waals surface area contributed by atoms with Crippen molar-refractivity contribution in [1.82, 2.24) is 39.0 Å². The van der Waals surface area contributed by atoms with Crippen LogP contribution in [0.15, 0.2) is 397 Å². The maximum Gasteiger partial charge on any atom is 0.164 e. The second-order valence-electron chi connectivity index (χ2n) is 28.1. The standard InChI is InChI=1S/2C51H32N4O/c1-3-13-33(14-4-1)49-52-50(34-15-5-2-6-16-34)54-51(53-49)39-19-11-17-35(29-39)36-18-12-20-40(30-36)55-45-23-9-7-21-41(45)42-27-25-37(31-46(42)55)38-26-28-44-43-22-8-10-24-47(43)56-48(44)32-38;1-3-13-33(14-4-1)35-17-11-18-38(29-35)50-52-49(34-15-5-2-6-16-34)53-51(54-50)39-19-12-20-40(30-39)55-45-23-9-7-21-41(45)42-27-25-36(31-46(42)55)37-26-28-44-43-22-8-10-24-47(43)56-48(44)32-37/h2*1-32H. The average molecular weight is 1430 g/mol. The Balaban J connectivity index is 0.000000141. The first-order valence-corrected chi connectivity index (χ1v) is 37.5. The zero-order valence-corrected chi connectivity index (χ0v) is 60.3. The third-order valence-electron chi connectivity index (χ3n) is 21.3. The number of nitrogens with zero attached hydrogens (tertiary/aromatic N) is 8. The molecule has 0 saturated heterocycles. The lowest BCUT2D eigenvalue weighted by Gasteiger charge is -2.12. The van der Waals surface area contributed by atoms with Crippen molar-refractivity contribution < 1.29 is 8.83 Å². The van der Waals surface area contributed by atoms with Crippen LogP contribution in [0.4, 0.5) is 0 Å². The highest BCUT2D eigenvalue weighted by Crippen LogP contribution is 2.42. The molecule has 0 amide bonds. The molecule has 22 aromatic rings. The van der Waals surface area contributed by atoms with Gasteiger partial charge in [0.1, 0.15) is 22.3 Å². The lowest BCUT2D eigenvalue weighted by Crippen LogP contribution is -2.01. The van der Waals surface area contributed by atoms with Crippen molar-refractivity contribution in [1.29, 1.82) is 0 Å². The number of fused-ring (bicyclic) bond motifs is 12. The summed E-state index contributed by atoms with van der Waals surface area (Å²) in [7, 11) is 0. The van der Waals surface area contributed by atoms with Crippen LogP contribution in [0.3, 0.4) is 0 Å². The second kappa shape index (κ2) is 27.5. The van der Waals surface area contributed by atoms with Crippen LogP contribution in [0.2, 0.25) is 0 Å². The summed E-state index contributed by atoms with van der Waals surface area (Å²) in [5, 5.41) is 9.32. The minimum Gasteiger partial charge on any atom is -0.456 e. The number of hydrogen-bond donors (Lipinski definition) is 0. The molecular weight excluding hydrogens is 1370 g/mol. The van der Waals surface area contributed by atoms with E-state index in [0.29, 0.717) is 34.9 Å². The molecule has 112 heavy (non-hydrogen) atoms. The zero-order chi connectivity index (χ0) is 74.0. The molecule has 0 N–H and O–H groups in total. The Morgan fingerprint density at radius 1 is 0.152 bits per heavy atom. The first-order chi connectivity index (χ1) is 55.5. The van der Waals surface area contributed by atoms with Gasteiger partial charge in [0.15, 0.2) is 34.9 Å². The lowest BCUT2D eigenvalue weighted by atomic mass is 10.0. The molecule has 6 heterocycles. The number of benzene rings is 16. The van der Waals surface area contributed by atoms with Gasteiger partial charge in [-0.15, -0.1) is 0 Å². The van der Waals surface area contributed by atoms with Gasteiger partial charge in [-0.3, -0.25) is 0 Å². The molecule has 6 aromatic heterocycles. The molecule has 22 rings (SSSR count). The first-order valence-electron chi connectivity index (χ1n) is 37.5. The molecule has 16 aromatic carbocycles. The fourth-order valence-corrected chi connectivity index (χ4v) is 15.9. The highest BCUT2D eigenvalue weighted by atomic mass is 16.3. The van der Waals surface area contributed by atoms with Gasteiger partial charge in [-0.25, -0.2) is 29.9 Å². The van der Waals surface area contributed by atoms with E-state index in [1.165, 1.54) is 21.5 Å². The molecular formula is C102H64N8O2. The van der Waals surface area contributed by atoms with Crippen molar-refractivity contribution in [3.05, 3.63) is 388 Å². The first kappa shape index (κ1) is 65.1. The number of para-hydroxylation sites is 4. The molecule has 0 aliphatic carbocycles. The van der Waals surface area contributed by atoms with Crippen LogP contribution in [0.1, 0.15) is 0 Å². The number of rotatable bonds is 12. The van der Waals surface area contributed by atoms with Crippen LogP contribution >= 0.6 is 0 Å². The predicted molar refractivity (Wildman–Crippen MR) is 457 cm³/mol. The summed E-state index contributed by atoms with van der Waals surface area (Å²) in [4.78, 5) is 30.1. The molecule has 10 heteroatoms. The normalized spacial score (nSPS) is 11.6. The number of hydrogen-bond acceptors (Lipinski definition) is 8. The van der Waals surface area contributed by atoms with Gasteiger partial charge < -0.3 is 18.0 Å². The molecule has 0 unspecified atom stereocenters. The van der Waals surface area contributed by atoms with Crippen molar-refractivity contribution in [2.45, 2.75) is 0 Å². The minimum absolute atomic E-state index is 0.612. The fourth-order valence-electron chi connectivity index (χ4n) is 15.9. The van der Waals surface area contributed by atoms with E-state index in [9.17, 15) is 0 Å². The molecule has 0 saturated carbocycles. The maximum atomic E-state index is 6.28. The summed E-state index contributed by atoms with van der Waals surface area (Å²) in [6.07, 6.45) is 0. The van der Waals surface area contributed by atoms with Crippen LogP contribution < -0.4 is 0 Å². The van der Waals surface area contributed by atoms with Gasteiger partial charge >= 0.3 is 0 Å². The summed E-state index contributed by atoms with van der Waals surface area (Å²) < 4.78 is 17.3. The van der Waals surface area contributed by atoms with Crippen LogP contribution in [0.5, 0.6) is 0 Å². The molecule has 0 bridgehead atoms. The van der Waals surface area contributed by atoms with E-state index in [4.69, 9.17) is 38.7 Å². The van der Waals surface area contributed by atoms with E-state index in [1.54, 1.807) is 0 Å². The van der Waals surface area contributed by atoms with Crippen LogP contribution in [-0.2, 0) is 0 Å². The molecule has 0 aliphatic rings. The Hall–Kier alpha value is -15.3. The largest absolute Gasteiger partial charge is 0.456 e. The van der Waals surface area contributed by atoms with E-state index < -0.39 is 0 Å². The quantitative estimate of drug-likeness (QED) is 0.119. The summed E-state index contributed by atoms with van der Waals surface area (Å²) >= 11 is 0. The molecule has 0 atom stereocenters. The van der Waals surface area contributed by atoms with E-state index in [-0.39, 0.29) is 0 Å². The van der Waals surface area contributed by atoms with E-state index >= 15 is 0 Å². The Kier molecular flexibility index (Phi) is 16.0. The smallest absolute Gasteiger partial charge is 0.164 e. The van der Waals surface area contributed by atoms with Gasteiger partial charge in [-0.2, -0.15) is 0 Å². The van der Waals surface area contributed by atoms with E-state index in [1.807, 2.05) is 121 Å². The Bertz CT molecular complexity index is 7330. The highest BCUT2D eigenvalue weighted by Gasteiger charge is 2.21. The third kappa shape index (κ3) is 11.9. The predicted octanol–water partition coefficient (Wildman–Crippen LogP) is 26.4. The number of aromatic nitrogens is 8. The van der Waals surface area contributed by atoms with E-state index in [0.717, 1.165) is 155 Å². The summed E-state index contributed by atoms with van der Waals surface area (Å²) in [5.41, 5.74) is 24.7. The van der Waals surface area contributed by atoms with Gasteiger partial charge in [0.05, 0.1) is 22.1 Å². The van der Waals surface area contributed by atoms with Gasteiger partial charge in [0.2, 0.25) is 0 Å². The van der Waals surface area contributed by atoms with Gasteiger partial charge in [0.25, 0.3) is 0 Å². The van der Waals surface area contributed by atoms with Crippen molar-refractivity contribution in [2.24, 2.45) is 0 Å². The van der Waals surface area contributed by atoms with E-state index in [2.05, 4.69) is 276 Å². The van der Waals surface area contributed by atoms with Crippen molar-refractivity contribution in [3.63, 3.8) is 0 Å². The molecule has 0 fully saturated rings. The van der Waals surface area contributed by atoms with Crippen molar-refractivity contribution >= 4 is 87.5 Å². The van der Waals surface area contributed by atoms with Crippen LogP contribution in [0, 0.1) is 0 Å². The molecule has 0 aliphatic heterocycles. The Morgan fingerprint density at radius 3 is 0.830 bits per heavy atom. The minimum atomic E-state index is 0.612. The SMILES string of the molecule is c1ccc(-c2cccc(-c3nc(-c4ccccc4)nc(-c4cccc(-n5c6ccccc6c6ccc(-c7ccc8c(c7)oc7ccccc78)cc65)c4)n3)c2)cc1.c1ccc(-c2nc(-c3ccccc3)nc(-c3cccc(-c4cccc(-n5c6ccccc6c6ccc(-c7ccc8c(c7)oc7ccccc78)cc65)c4)c3)n2)cc1. The molecule has 0 spiro atoms. The topological polar surface area (TPSA) is 113 Å². The van der Waals surface area contributed by atoms with Crippen molar-refractivity contribution in [2.75, 3.05) is 0 Å². The monoisotopic (exact) mass is 1430 g/mol. The summed E-state index contributed by atoms with van der Waals surface area (Å²) in [6, 6.07) is 135. The maximum absolute atomic E-state index is 6.28.